The Morgan fingerprint density at radius 2 is 1.82 bits per heavy atom. The molecule has 0 spiro atoms. The van der Waals surface area contributed by atoms with Crippen molar-refractivity contribution in [2.24, 2.45) is 0 Å². The van der Waals surface area contributed by atoms with Crippen molar-refractivity contribution in [3.8, 4) is 5.75 Å². The van der Waals surface area contributed by atoms with E-state index in [4.69, 9.17) is 4.74 Å². The van der Waals surface area contributed by atoms with Crippen LogP contribution in [0, 0.1) is 20.8 Å². The zero-order valence-corrected chi connectivity index (χ0v) is 11.4. The molecule has 0 bridgehead atoms. The molecule has 1 aromatic rings. The van der Waals surface area contributed by atoms with Gasteiger partial charge in [0, 0.05) is 0 Å². The van der Waals surface area contributed by atoms with E-state index < -0.39 is 5.54 Å². The van der Waals surface area contributed by atoms with Crippen molar-refractivity contribution in [1.82, 2.24) is 5.32 Å². The molecule has 1 unspecified atom stereocenters. The minimum atomic E-state index is -0.400. The topological polar surface area (TPSA) is 41.5 Å². The van der Waals surface area contributed by atoms with E-state index in [1.165, 1.54) is 11.1 Å². The Hall–Kier alpha value is -1.06. The Kier molecular flexibility index (Phi) is 4.54. The first-order chi connectivity index (χ1) is 7.93. The van der Waals surface area contributed by atoms with Crippen LogP contribution in [0.1, 0.15) is 23.6 Å². The summed E-state index contributed by atoms with van der Waals surface area (Å²) >= 11 is 0. The van der Waals surface area contributed by atoms with Gasteiger partial charge >= 0.3 is 0 Å². The summed E-state index contributed by atoms with van der Waals surface area (Å²) in [6.45, 7) is 8.61. The number of aliphatic hydroxyl groups excluding tert-OH is 1. The standard InChI is InChI=1S/C14H23NO2/c1-10-6-7-11(2)13(12(10)3)17-9-14(4,8-16)15-5/h6-7,15-16H,8-9H2,1-5H3. The molecule has 0 saturated heterocycles. The van der Waals surface area contributed by atoms with Crippen molar-refractivity contribution in [1.29, 1.82) is 0 Å². The lowest BCUT2D eigenvalue weighted by atomic mass is 10.0. The molecule has 0 amide bonds. The van der Waals surface area contributed by atoms with E-state index in [1.54, 1.807) is 0 Å². The zero-order valence-electron chi connectivity index (χ0n) is 11.4. The first-order valence-corrected chi connectivity index (χ1v) is 5.93. The highest BCUT2D eigenvalue weighted by Crippen LogP contribution is 2.26. The summed E-state index contributed by atoms with van der Waals surface area (Å²) in [7, 11) is 1.83. The van der Waals surface area contributed by atoms with Crippen LogP contribution in [0.3, 0.4) is 0 Å². The Balaban J connectivity index is 2.86. The molecule has 0 radical (unpaired) electrons. The van der Waals surface area contributed by atoms with E-state index in [0.29, 0.717) is 6.61 Å². The summed E-state index contributed by atoms with van der Waals surface area (Å²) in [6, 6.07) is 4.16. The van der Waals surface area contributed by atoms with Gasteiger partial charge in [0.25, 0.3) is 0 Å². The largest absolute Gasteiger partial charge is 0.491 e. The van der Waals surface area contributed by atoms with Crippen molar-refractivity contribution in [2.45, 2.75) is 33.2 Å². The maximum Gasteiger partial charge on any atom is 0.125 e. The number of nitrogens with one attached hydrogen (secondary N) is 1. The number of aryl methyl sites for hydroxylation is 2. The second-order valence-corrected chi connectivity index (χ2v) is 4.91. The molecule has 1 rings (SSSR count). The normalized spacial score (nSPS) is 14.5. The van der Waals surface area contributed by atoms with Crippen molar-refractivity contribution in [3.63, 3.8) is 0 Å². The molecule has 1 atom stereocenters. The van der Waals surface area contributed by atoms with E-state index >= 15 is 0 Å². The number of ether oxygens (including phenoxy) is 1. The van der Waals surface area contributed by atoms with Gasteiger partial charge in [0.05, 0.1) is 12.1 Å². The molecule has 1 aromatic carbocycles. The lowest BCUT2D eigenvalue weighted by Gasteiger charge is -2.27. The van der Waals surface area contributed by atoms with Crippen LogP contribution in [0.25, 0.3) is 0 Å². The maximum absolute atomic E-state index is 9.31. The molecule has 2 N–H and O–H groups in total. The van der Waals surface area contributed by atoms with E-state index in [9.17, 15) is 5.11 Å². The van der Waals surface area contributed by atoms with E-state index in [2.05, 4.69) is 31.3 Å². The molecule has 96 valence electrons. The third kappa shape index (κ3) is 3.20. The van der Waals surface area contributed by atoms with Crippen LogP contribution in [0.4, 0.5) is 0 Å². The van der Waals surface area contributed by atoms with Crippen LogP contribution in [0.5, 0.6) is 5.75 Å². The Labute approximate surface area is 104 Å². The number of likely N-dealkylation sites (N-methyl/N-ethyl adjacent to an activating group) is 1. The van der Waals surface area contributed by atoms with E-state index in [1.807, 2.05) is 20.9 Å². The van der Waals surface area contributed by atoms with Gasteiger partial charge in [0.1, 0.15) is 12.4 Å². The molecular formula is C14H23NO2. The van der Waals surface area contributed by atoms with Gasteiger partial charge in [0.15, 0.2) is 0 Å². The van der Waals surface area contributed by atoms with Crippen molar-refractivity contribution in [3.05, 3.63) is 28.8 Å². The highest BCUT2D eigenvalue weighted by Gasteiger charge is 2.22. The second kappa shape index (κ2) is 5.52. The first-order valence-electron chi connectivity index (χ1n) is 5.93. The molecule has 0 saturated carbocycles. The monoisotopic (exact) mass is 237 g/mol. The van der Waals surface area contributed by atoms with Gasteiger partial charge in [-0.2, -0.15) is 0 Å². The SMILES string of the molecule is CNC(C)(CO)COc1c(C)ccc(C)c1C. The predicted molar refractivity (Wildman–Crippen MR) is 70.7 cm³/mol. The average Bonchev–Trinajstić information content (AvgIpc) is 2.33. The van der Waals surface area contributed by atoms with Gasteiger partial charge in [-0.25, -0.2) is 0 Å². The van der Waals surface area contributed by atoms with E-state index in [-0.39, 0.29) is 6.61 Å². The third-order valence-corrected chi connectivity index (χ3v) is 3.36. The van der Waals surface area contributed by atoms with Gasteiger partial charge in [-0.05, 0) is 51.4 Å². The minimum absolute atomic E-state index is 0.0490. The second-order valence-electron chi connectivity index (χ2n) is 4.91. The number of hydrogen-bond acceptors (Lipinski definition) is 3. The molecule has 0 aliphatic heterocycles. The fraction of sp³-hybridized carbons (Fsp3) is 0.571. The van der Waals surface area contributed by atoms with Crippen LogP contribution in [-0.2, 0) is 0 Å². The van der Waals surface area contributed by atoms with Gasteiger partial charge in [-0.1, -0.05) is 12.1 Å². The van der Waals surface area contributed by atoms with Gasteiger partial charge in [0.2, 0.25) is 0 Å². The molecule has 3 nitrogen and oxygen atoms in total. The summed E-state index contributed by atoms with van der Waals surface area (Å²) in [6.07, 6.45) is 0. The molecule has 0 aromatic heterocycles. The van der Waals surface area contributed by atoms with Crippen molar-refractivity contribution < 1.29 is 9.84 Å². The quantitative estimate of drug-likeness (QED) is 0.822. The highest BCUT2D eigenvalue weighted by molar-refractivity contribution is 5.44. The van der Waals surface area contributed by atoms with E-state index in [0.717, 1.165) is 11.3 Å². The minimum Gasteiger partial charge on any atom is -0.491 e. The number of rotatable bonds is 5. The first kappa shape index (κ1) is 14.0. The van der Waals surface area contributed by atoms with Crippen molar-refractivity contribution >= 4 is 0 Å². The summed E-state index contributed by atoms with van der Waals surface area (Å²) < 4.78 is 5.87. The smallest absolute Gasteiger partial charge is 0.125 e. The lowest BCUT2D eigenvalue weighted by Crippen LogP contribution is -2.48. The van der Waals surface area contributed by atoms with Crippen LogP contribution in [-0.4, -0.2) is 30.9 Å². The van der Waals surface area contributed by atoms with Crippen molar-refractivity contribution in [2.75, 3.05) is 20.3 Å². The summed E-state index contributed by atoms with van der Waals surface area (Å²) in [5.41, 5.74) is 3.12. The molecule has 0 heterocycles. The predicted octanol–water partition coefficient (Wildman–Crippen LogP) is 1.96. The lowest BCUT2D eigenvalue weighted by molar-refractivity contribution is 0.121. The summed E-state index contributed by atoms with van der Waals surface area (Å²) in [5, 5.41) is 12.4. The number of aliphatic hydroxyl groups is 1. The number of hydrogen-bond donors (Lipinski definition) is 2. The zero-order chi connectivity index (χ0) is 13.1. The fourth-order valence-corrected chi connectivity index (χ4v) is 1.58. The summed E-state index contributed by atoms with van der Waals surface area (Å²) in [4.78, 5) is 0. The average molecular weight is 237 g/mol. The summed E-state index contributed by atoms with van der Waals surface area (Å²) in [5.74, 6) is 0.930. The Bertz CT molecular complexity index is 384. The fourth-order valence-electron chi connectivity index (χ4n) is 1.58. The van der Waals surface area contributed by atoms with Gasteiger partial charge in [-0.15, -0.1) is 0 Å². The highest BCUT2D eigenvalue weighted by atomic mass is 16.5. The van der Waals surface area contributed by atoms with Crippen LogP contribution < -0.4 is 10.1 Å². The van der Waals surface area contributed by atoms with Crippen LogP contribution in [0.15, 0.2) is 12.1 Å². The maximum atomic E-state index is 9.31. The van der Waals surface area contributed by atoms with Gasteiger partial charge in [-0.3, -0.25) is 0 Å². The Morgan fingerprint density at radius 1 is 1.24 bits per heavy atom. The van der Waals surface area contributed by atoms with Crippen LogP contribution >= 0.6 is 0 Å². The number of benzene rings is 1. The Morgan fingerprint density at radius 3 is 2.35 bits per heavy atom. The molecule has 3 heteroatoms. The molecule has 0 fully saturated rings. The third-order valence-electron chi connectivity index (χ3n) is 3.36. The molecule has 0 aliphatic rings. The van der Waals surface area contributed by atoms with Gasteiger partial charge < -0.3 is 15.2 Å². The molecular weight excluding hydrogens is 214 g/mol. The van der Waals surface area contributed by atoms with Crippen LogP contribution in [0.2, 0.25) is 0 Å². The molecule has 0 aliphatic carbocycles. The molecule has 17 heavy (non-hydrogen) atoms.